The van der Waals surface area contributed by atoms with Crippen molar-refractivity contribution in [3.8, 4) is 0 Å². The summed E-state index contributed by atoms with van der Waals surface area (Å²) in [5.74, 6) is -0.165. The van der Waals surface area contributed by atoms with Gasteiger partial charge in [0.25, 0.3) is 5.91 Å². The Morgan fingerprint density at radius 1 is 1.10 bits per heavy atom. The van der Waals surface area contributed by atoms with Crippen LogP contribution in [0.1, 0.15) is 59.8 Å². The van der Waals surface area contributed by atoms with Crippen LogP contribution in [0.15, 0.2) is 0 Å². The number of carbonyl (C=O) groups excluding carboxylic acids is 2. The van der Waals surface area contributed by atoms with Crippen LogP contribution in [0.2, 0.25) is 0 Å². The van der Waals surface area contributed by atoms with Crippen LogP contribution < -0.4 is 5.32 Å². The molecule has 0 aromatic rings. The van der Waals surface area contributed by atoms with Crippen molar-refractivity contribution < 1.29 is 19.1 Å². The number of ether oxygens (including phenoxy) is 2. The molecule has 0 aromatic carbocycles. The molecule has 0 aromatic heterocycles. The fraction of sp³-hybridized carbons (Fsp3) is 0.875. The van der Waals surface area contributed by atoms with Gasteiger partial charge in [0.1, 0.15) is 0 Å². The smallest absolute Gasteiger partial charge is 0.335 e. The van der Waals surface area contributed by atoms with Crippen molar-refractivity contribution in [3.05, 3.63) is 0 Å². The second kappa shape index (κ2) is 9.03. The quantitative estimate of drug-likeness (QED) is 0.699. The zero-order chi connectivity index (χ0) is 15.8. The Morgan fingerprint density at radius 3 is 2.29 bits per heavy atom. The highest BCUT2D eigenvalue weighted by atomic mass is 16.6. The van der Waals surface area contributed by atoms with E-state index in [2.05, 4.69) is 19.2 Å². The van der Waals surface area contributed by atoms with Gasteiger partial charge in [0.2, 0.25) is 0 Å². The zero-order valence-electron chi connectivity index (χ0n) is 13.7. The van der Waals surface area contributed by atoms with Crippen LogP contribution >= 0.6 is 0 Å². The average molecular weight is 299 g/mol. The molecular formula is C16H29NO4. The van der Waals surface area contributed by atoms with Crippen molar-refractivity contribution in [2.24, 2.45) is 5.92 Å². The van der Waals surface area contributed by atoms with Crippen LogP contribution in [0.5, 0.6) is 0 Å². The molecule has 1 amide bonds. The molecule has 1 saturated carbocycles. The molecule has 0 bridgehead atoms. The molecular weight excluding hydrogens is 270 g/mol. The van der Waals surface area contributed by atoms with Gasteiger partial charge in [0, 0.05) is 12.6 Å². The molecule has 2 atom stereocenters. The van der Waals surface area contributed by atoms with Gasteiger partial charge in [0.05, 0.1) is 0 Å². The number of nitrogens with one attached hydrogen (secondary N) is 1. The first kappa shape index (κ1) is 18.0. The number of rotatable bonds is 8. The Morgan fingerprint density at radius 2 is 1.71 bits per heavy atom. The van der Waals surface area contributed by atoms with E-state index in [-0.39, 0.29) is 11.9 Å². The lowest BCUT2D eigenvalue weighted by Gasteiger charge is -2.19. The largest absolute Gasteiger partial charge is 0.451 e. The summed E-state index contributed by atoms with van der Waals surface area (Å²) in [4.78, 5) is 23.8. The minimum atomic E-state index is -0.769. The zero-order valence-corrected chi connectivity index (χ0v) is 13.7. The van der Waals surface area contributed by atoms with Gasteiger partial charge < -0.3 is 14.8 Å². The normalized spacial score (nSPS) is 18.5. The minimum absolute atomic E-state index is 0.218. The van der Waals surface area contributed by atoms with Crippen molar-refractivity contribution >= 4 is 11.9 Å². The maximum Gasteiger partial charge on any atom is 0.335 e. The third-order valence-corrected chi connectivity index (χ3v) is 3.76. The van der Waals surface area contributed by atoms with Gasteiger partial charge in [-0.15, -0.1) is 0 Å². The van der Waals surface area contributed by atoms with Crippen LogP contribution in [0.3, 0.4) is 0 Å². The fourth-order valence-electron chi connectivity index (χ4n) is 2.26. The molecule has 2 unspecified atom stereocenters. The van der Waals surface area contributed by atoms with E-state index in [4.69, 9.17) is 9.47 Å². The van der Waals surface area contributed by atoms with Gasteiger partial charge in [0.15, 0.2) is 12.2 Å². The Bertz CT molecular complexity index is 337. The van der Waals surface area contributed by atoms with Crippen LogP contribution in [-0.4, -0.2) is 36.7 Å². The summed E-state index contributed by atoms with van der Waals surface area (Å²) >= 11 is 0. The molecule has 0 heterocycles. The summed E-state index contributed by atoms with van der Waals surface area (Å²) in [6.45, 7) is 7.98. The highest BCUT2D eigenvalue weighted by Gasteiger charge is 2.25. The third kappa shape index (κ3) is 6.93. The number of carbonyl (C=O) groups is 2. The van der Waals surface area contributed by atoms with Gasteiger partial charge in [-0.2, -0.15) is 0 Å². The standard InChI is InChI=1S/C16H29NO4/c1-11(2)9-10-20-13(4)16(19)21-12(3)15(18)17-14-7-5-6-8-14/h11-14H,5-10H2,1-4H3,(H,17,18). The Hall–Kier alpha value is -1.10. The van der Waals surface area contributed by atoms with E-state index in [0.29, 0.717) is 12.5 Å². The maximum atomic E-state index is 11.9. The van der Waals surface area contributed by atoms with Crippen LogP contribution in [0.25, 0.3) is 0 Å². The Labute approximate surface area is 127 Å². The first-order chi connectivity index (χ1) is 9.90. The van der Waals surface area contributed by atoms with Crippen LogP contribution in [0.4, 0.5) is 0 Å². The molecule has 5 nitrogen and oxygen atoms in total. The lowest BCUT2D eigenvalue weighted by atomic mass is 10.1. The van der Waals surface area contributed by atoms with Gasteiger partial charge in [-0.1, -0.05) is 26.7 Å². The molecule has 5 heteroatoms. The molecule has 0 aliphatic heterocycles. The Kier molecular flexibility index (Phi) is 7.72. The lowest BCUT2D eigenvalue weighted by molar-refractivity contribution is -0.165. The molecule has 0 spiro atoms. The molecule has 1 aliphatic carbocycles. The molecule has 21 heavy (non-hydrogen) atoms. The van der Waals surface area contributed by atoms with E-state index in [9.17, 15) is 9.59 Å². The maximum absolute atomic E-state index is 11.9. The molecule has 0 radical (unpaired) electrons. The average Bonchev–Trinajstić information content (AvgIpc) is 2.90. The highest BCUT2D eigenvalue weighted by molar-refractivity contribution is 5.84. The highest BCUT2D eigenvalue weighted by Crippen LogP contribution is 2.17. The van der Waals surface area contributed by atoms with E-state index in [1.807, 2.05) is 0 Å². The minimum Gasteiger partial charge on any atom is -0.451 e. The van der Waals surface area contributed by atoms with Crippen LogP contribution in [-0.2, 0) is 19.1 Å². The third-order valence-electron chi connectivity index (χ3n) is 3.76. The van der Waals surface area contributed by atoms with E-state index < -0.39 is 18.2 Å². The fourth-order valence-corrected chi connectivity index (χ4v) is 2.26. The summed E-state index contributed by atoms with van der Waals surface area (Å²) in [5, 5.41) is 2.92. The molecule has 122 valence electrons. The number of hydrogen-bond acceptors (Lipinski definition) is 4. The molecule has 1 N–H and O–H groups in total. The van der Waals surface area contributed by atoms with E-state index in [0.717, 1.165) is 32.1 Å². The van der Waals surface area contributed by atoms with Gasteiger partial charge in [-0.25, -0.2) is 4.79 Å². The summed E-state index contributed by atoms with van der Waals surface area (Å²) in [7, 11) is 0. The second-order valence-corrected chi connectivity index (χ2v) is 6.26. The number of hydrogen-bond donors (Lipinski definition) is 1. The predicted octanol–water partition coefficient (Wildman–Crippen LogP) is 2.43. The molecule has 1 rings (SSSR count). The summed E-state index contributed by atoms with van der Waals surface area (Å²) in [5.41, 5.74) is 0. The Balaban J connectivity index is 2.26. The van der Waals surface area contributed by atoms with E-state index >= 15 is 0 Å². The summed E-state index contributed by atoms with van der Waals surface area (Å²) in [6.07, 6.45) is 3.83. The second-order valence-electron chi connectivity index (χ2n) is 6.26. The molecule has 0 saturated heterocycles. The molecule has 1 aliphatic rings. The van der Waals surface area contributed by atoms with Gasteiger partial charge in [-0.3, -0.25) is 4.79 Å². The van der Waals surface area contributed by atoms with Gasteiger partial charge in [-0.05, 0) is 39.0 Å². The van der Waals surface area contributed by atoms with E-state index in [1.54, 1.807) is 13.8 Å². The predicted molar refractivity (Wildman–Crippen MR) is 80.8 cm³/mol. The first-order valence-corrected chi connectivity index (χ1v) is 8.02. The summed E-state index contributed by atoms with van der Waals surface area (Å²) < 4.78 is 10.6. The topological polar surface area (TPSA) is 64.6 Å². The van der Waals surface area contributed by atoms with Crippen LogP contribution in [0, 0.1) is 5.92 Å². The number of amides is 1. The molecule has 1 fully saturated rings. The van der Waals surface area contributed by atoms with Crippen molar-refractivity contribution in [2.45, 2.75) is 78.0 Å². The van der Waals surface area contributed by atoms with Crippen molar-refractivity contribution in [2.75, 3.05) is 6.61 Å². The van der Waals surface area contributed by atoms with Crippen molar-refractivity contribution in [1.82, 2.24) is 5.32 Å². The van der Waals surface area contributed by atoms with Crippen molar-refractivity contribution in [1.29, 1.82) is 0 Å². The number of esters is 1. The lowest BCUT2D eigenvalue weighted by Crippen LogP contribution is -2.42. The monoisotopic (exact) mass is 299 g/mol. The van der Waals surface area contributed by atoms with E-state index in [1.165, 1.54) is 0 Å². The first-order valence-electron chi connectivity index (χ1n) is 8.02. The van der Waals surface area contributed by atoms with Gasteiger partial charge >= 0.3 is 5.97 Å². The summed E-state index contributed by atoms with van der Waals surface area (Å²) in [6, 6.07) is 0.235. The SMILES string of the molecule is CC(C)CCOC(C)C(=O)OC(C)C(=O)NC1CCCC1. The van der Waals surface area contributed by atoms with Crippen molar-refractivity contribution in [3.63, 3.8) is 0 Å².